The number of benzene rings is 3. The Kier molecular flexibility index (Phi) is 10.6. The maximum absolute atomic E-state index is 13.9. The van der Waals surface area contributed by atoms with Gasteiger partial charge in [0, 0.05) is 22.6 Å². The molecule has 3 rings (SSSR count). The van der Waals surface area contributed by atoms with Crippen LogP contribution >= 0.6 is 27.5 Å². The van der Waals surface area contributed by atoms with Crippen LogP contribution in [0.25, 0.3) is 0 Å². The van der Waals surface area contributed by atoms with Gasteiger partial charge in [-0.25, -0.2) is 8.42 Å². The number of nitrogens with zero attached hydrogens (tertiary/aromatic N) is 2. The molecular weight excluding hydrogens is 602 g/mol. The lowest BCUT2D eigenvalue weighted by Gasteiger charge is -2.32. The standard InChI is InChI=1S/C29H33BrClN3O4S/c1-5-16-32-29(36)22(4)33(18-23-9-11-24(30)12-10-23)28(35)19-34(25-13-8-21(3)27(31)17-25)39(37,38)26-14-6-20(2)7-15-26/h6-15,17,22H,5,16,18-19H2,1-4H3,(H,32,36)/t22-/m0/s1. The highest BCUT2D eigenvalue weighted by Gasteiger charge is 2.32. The van der Waals surface area contributed by atoms with Crippen LogP contribution in [-0.4, -0.2) is 44.3 Å². The molecule has 10 heteroatoms. The lowest BCUT2D eigenvalue weighted by Crippen LogP contribution is -2.51. The first-order valence-electron chi connectivity index (χ1n) is 12.6. The fraction of sp³-hybridized carbons (Fsp3) is 0.310. The number of hydrogen-bond acceptors (Lipinski definition) is 4. The summed E-state index contributed by atoms with van der Waals surface area (Å²) in [7, 11) is -4.15. The first kappa shape index (κ1) is 30.7. The van der Waals surface area contributed by atoms with Crippen molar-refractivity contribution in [3.05, 3.63) is 92.9 Å². The molecule has 2 amide bonds. The van der Waals surface area contributed by atoms with E-state index in [9.17, 15) is 18.0 Å². The zero-order valence-corrected chi connectivity index (χ0v) is 25.6. The summed E-state index contributed by atoms with van der Waals surface area (Å²) in [6.45, 7) is 7.34. The van der Waals surface area contributed by atoms with E-state index in [1.165, 1.54) is 23.1 Å². The molecule has 0 heterocycles. The van der Waals surface area contributed by atoms with Crippen molar-refractivity contribution in [3.63, 3.8) is 0 Å². The Morgan fingerprint density at radius 2 is 1.64 bits per heavy atom. The molecule has 39 heavy (non-hydrogen) atoms. The van der Waals surface area contributed by atoms with Gasteiger partial charge in [-0.15, -0.1) is 0 Å². The molecule has 3 aromatic rings. The van der Waals surface area contributed by atoms with Gasteiger partial charge in [-0.3, -0.25) is 13.9 Å². The van der Waals surface area contributed by atoms with Crippen LogP contribution in [0.2, 0.25) is 5.02 Å². The minimum absolute atomic E-state index is 0.0470. The molecule has 208 valence electrons. The van der Waals surface area contributed by atoms with E-state index in [2.05, 4.69) is 21.2 Å². The second-order valence-electron chi connectivity index (χ2n) is 9.37. The van der Waals surface area contributed by atoms with Gasteiger partial charge in [-0.05, 0) is 74.7 Å². The Morgan fingerprint density at radius 3 is 2.23 bits per heavy atom. The number of anilines is 1. The van der Waals surface area contributed by atoms with Gasteiger partial charge >= 0.3 is 0 Å². The molecule has 0 saturated carbocycles. The number of sulfonamides is 1. The minimum Gasteiger partial charge on any atom is -0.354 e. The van der Waals surface area contributed by atoms with Gasteiger partial charge in [0.15, 0.2) is 0 Å². The third-order valence-corrected chi connectivity index (χ3v) is 9.04. The number of halogens is 2. The van der Waals surface area contributed by atoms with Crippen LogP contribution in [0.4, 0.5) is 5.69 Å². The van der Waals surface area contributed by atoms with Crippen molar-refractivity contribution >= 4 is 55.1 Å². The van der Waals surface area contributed by atoms with Crippen molar-refractivity contribution in [1.82, 2.24) is 10.2 Å². The fourth-order valence-corrected chi connectivity index (χ4v) is 5.71. The molecule has 1 N–H and O–H groups in total. The van der Waals surface area contributed by atoms with E-state index in [-0.39, 0.29) is 23.0 Å². The molecule has 0 saturated heterocycles. The first-order chi connectivity index (χ1) is 18.4. The van der Waals surface area contributed by atoms with E-state index in [1.54, 1.807) is 31.2 Å². The molecule has 0 aromatic heterocycles. The van der Waals surface area contributed by atoms with E-state index in [1.807, 2.05) is 45.0 Å². The van der Waals surface area contributed by atoms with Gasteiger partial charge < -0.3 is 10.2 Å². The Balaban J connectivity index is 2.04. The lowest BCUT2D eigenvalue weighted by atomic mass is 10.1. The summed E-state index contributed by atoms with van der Waals surface area (Å²) >= 11 is 9.77. The van der Waals surface area contributed by atoms with Crippen LogP contribution in [0.5, 0.6) is 0 Å². The summed E-state index contributed by atoms with van der Waals surface area (Å²) in [6, 6.07) is 17.9. The molecule has 1 atom stereocenters. The zero-order chi connectivity index (χ0) is 28.7. The van der Waals surface area contributed by atoms with Gasteiger partial charge in [-0.2, -0.15) is 0 Å². The van der Waals surface area contributed by atoms with E-state index in [0.717, 1.165) is 31.9 Å². The Morgan fingerprint density at radius 1 is 1.00 bits per heavy atom. The van der Waals surface area contributed by atoms with E-state index in [4.69, 9.17) is 11.6 Å². The van der Waals surface area contributed by atoms with Gasteiger partial charge in [0.1, 0.15) is 12.6 Å². The molecular formula is C29H33BrClN3O4S. The van der Waals surface area contributed by atoms with Gasteiger partial charge in [0.2, 0.25) is 11.8 Å². The van der Waals surface area contributed by atoms with Crippen LogP contribution < -0.4 is 9.62 Å². The normalized spacial score (nSPS) is 12.1. The number of hydrogen-bond donors (Lipinski definition) is 1. The molecule has 0 fully saturated rings. The maximum atomic E-state index is 13.9. The largest absolute Gasteiger partial charge is 0.354 e. The van der Waals surface area contributed by atoms with E-state index >= 15 is 0 Å². The van der Waals surface area contributed by atoms with Crippen LogP contribution in [0.15, 0.2) is 76.1 Å². The smallest absolute Gasteiger partial charge is 0.264 e. The predicted molar refractivity (Wildman–Crippen MR) is 159 cm³/mol. The second kappa shape index (κ2) is 13.5. The summed E-state index contributed by atoms with van der Waals surface area (Å²) in [5.74, 6) is -0.835. The number of carbonyl (C=O) groups is 2. The number of rotatable bonds is 11. The van der Waals surface area contributed by atoms with Gasteiger partial charge in [-0.1, -0.05) is 70.3 Å². The van der Waals surface area contributed by atoms with Crippen LogP contribution in [-0.2, 0) is 26.2 Å². The van der Waals surface area contributed by atoms with Crippen molar-refractivity contribution in [2.75, 3.05) is 17.4 Å². The highest BCUT2D eigenvalue weighted by molar-refractivity contribution is 9.10. The summed E-state index contributed by atoms with van der Waals surface area (Å²) in [5.41, 5.74) is 2.74. The summed E-state index contributed by atoms with van der Waals surface area (Å²) in [4.78, 5) is 28.3. The van der Waals surface area contributed by atoms with Crippen molar-refractivity contribution < 1.29 is 18.0 Å². The van der Waals surface area contributed by atoms with Crippen molar-refractivity contribution in [2.24, 2.45) is 0 Å². The number of carbonyl (C=O) groups excluding carboxylic acids is 2. The number of aryl methyl sites for hydroxylation is 2. The lowest BCUT2D eigenvalue weighted by molar-refractivity contribution is -0.139. The average Bonchev–Trinajstić information content (AvgIpc) is 2.91. The van der Waals surface area contributed by atoms with Crippen LogP contribution in [0, 0.1) is 13.8 Å². The quantitative estimate of drug-likeness (QED) is 0.286. The molecule has 0 unspecified atom stereocenters. The monoisotopic (exact) mass is 633 g/mol. The predicted octanol–water partition coefficient (Wildman–Crippen LogP) is 5.86. The first-order valence-corrected chi connectivity index (χ1v) is 15.2. The maximum Gasteiger partial charge on any atom is 0.264 e. The molecule has 3 aromatic carbocycles. The number of nitrogens with one attached hydrogen (secondary N) is 1. The van der Waals surface area contributed by atoms with E-state index < -0.39 is 28.5 Å². The second-order valence-corrected chi connectivity index (χ2v) is 12.6. The Labute approximate surface area is 244 Å². The van der Waals surface area contributed by atoms with Crippen molar-refractivity contribution in [2.45, 2.75) is 51.6 Å². The average molecular weight is 635 g/mol. The summed E-state index contributed by atoms with van der Waals surface area (Å²) in [5, 5.41) is 3.21. The third kappa shape index (κ3) is 7.84. The van der Waals surface area contributed by atoms with Crippen molar-refractivity contribution in [3.8, 4) is 0 Å². The highest BCUT2D eigenvalue weighted by atomic mass is 79.9. The Bertz CT molecular complexity index is 1410. The summed E-state index contributed by atoms with van der Waals surface area (Å²) < 4.78 is 29.7. The topological polar surface area (TPSA) is 86.8 Å². The number of amides is 2. The Hall–Kier alpha value is -2.88. The van der Waals surface area contributed by atoms with E-state index in [0.29, 0.717) is 11.6 Å². The zero-order valence-electron chi connectivity index (χ0n) is 22.4. The van der Waals surface area contributed by atoms with Crippen molar-refractivity contribution in [1.29, 1.82) is 0 Å². The van der Waals surface area contributed by atoms with Crippen LogP contribution in [0.1, 0.15) is 37.0 Å². The molecule has 0 bridgehead atoms. The SMILES string of the molecule is CCCNC(=O)[C@H](C)N(Cc1ccc(Br)cc1)C(=O)CN(c1ccc(C)c(Cl)c1)S(=O)(=O)c1ccc(C)cc1. The molecule has 0 aliphatic carbocycles. The summed E-state index contributed by atoms with van der Waals surface area (Å²) in [6.07, 6.45) is 0.746. The van der Waals surface area contributed by atoms with Crippen LogP contribution in [0.3, 0.4) is 0 Å². The molecule has 0 spiro atoms. The third-order valence-electron chi connectivity index (χ3n) is 6.31. The molecule has 0 aliphatic heterocycles. The fourth-order valence-electron chi connectivity index (χ4n) is 3.87. The van der Waals surface area contributed by atoms with Gasteiger partial charge in [0.05, 0.1) is 10.6 Å². The highest BCUT2D eigenvalue weighted by Crippen LogP contribution is 2.29. The van der Waals surface area contributed by atoms with Gasteiger partial charge in [0.25, 0.3) is 10.0 Å². The molecule has 0 radical (unpaired) electrons. The molecule has 0 aliphatic rings. The minimum atomic E-state index is -4.15. The molecule has 7 nitrogen and oxygen atoms in total.